The number of hydrogen-bond acceptors (Lipinski definition) is 1. The van der Waals surface area contributed by atoms with Crippen molar-refractivity contribution in [3.05, 3.63) is 23.8 Å². The fourth-order valence-electron chi connectivity index (χ4n) is 1.95. The summed E-state index contributed by atoms with van der Waals surface area (Å²) < 4.78 is 0. The smallest absolute Gasteiger partial charge is 0.165 e. The van der Waals surface area contributed by atoms with Crippen LogP contribution in [0.25, 0.3) is 0 Å². The molecule has 1 atom stereocenters. The highest BCUT2D eigenvalue weighted by molar-refractivity contribution is 6.01. The van der Waals surface area contributed by atoms with Crippen LogP contribution in [0.15, 0.2) is 23.8 Å². The number of allylic oxidation sites excluding steroid dienone is 4. The standard InChI is InChI=1S/C10H12O/c1-10-7-3-2-4-8(10)5-6-9(10)11/h4-6H,2-3,7H2,1H3/t10-/m0/s1. The van der Waals surface area contributed by atoms with E-state index in [9.17, 15) is 4.79 Å². The maximum Gasteiger partial charge on any atom is 0.165 e. The van der Waals surface area contributed by atoms with Gasteiger partial charge in [-0.15, -0.1) is 0 Å². The molecule has 1 nitrogen and oxygen atoms in total. The van der Waals surface area contributed by atoms with E-state index in [1.165, 1.54) is 5.57 Å². The molecule has 0 amide bonds. The highest BCUT2D eigenvalue weighted by atomic mass is 16.1. The molecule has 1 heteroatoms. The number of fused-ring (bicyclic) bond motifs is 1. The SMILES string of the molecule is C[C@]12CCCC=C1C=CC2=O. The summed E-state index contributed by atoms with van der Waals surface area (Å²) in [6, 6.07) is 0. The Morgan fingerprint density at radius 3 is 3.00 bits per heavy atom. The summed E-state index contributed by atoms with van der Waals surface area (Å²) in [5, 5.41) is 0. The van der Waals surface area contributed by atoms with Crippen LogP contribution in [-0.4, -0.2) is 5.78 Å². The van der Waals surface area contributed by atoms with Crippen molar-refractivity contribution in [1.29, 1.82) is 0 Å². The third-order valence-electron chi connectivity index (χ3n) is 2.84. The molecule has 0 saturated heterocycles. The van der Waals surface area contributed by atoms with Crippen molar-refractivity contribution in [3.63, 3.8) is 0 Å². The van der Waals surface area contributed by atoms with Crippen LogP contribution in [0.4, 0.5) is 0 Å². The van der Waals surface area contributed by atoms with Crippen molar-refractivity contribution in [2.45, 2.75) is 26.2 Å². The van der Waals surface area contributed by atoms with Gasteiger partial charge in [-0.05, 0) is 37.8 Å². The zero-order chi connectivity index (χ0) is 7.90. The first kappa shape index (κ1) is 6.84. The first-order chi connectivity index (χ1) is 5.23. The summed E-state index contributed by atoms with van der Waals surface area (Å²) in [7, 11) is 0. The average Bonchev–Trinajstić information content (AvgIpc) is 2.29. The molecule has 58 valence electrons. The van der Waals surface area contributed by atoms with E-state index in [1.807, 2.05) is 6.08 Å². The molecular weight excluding hydrogens is 136 g/mol. The quantitative estimate of drug-likeness (QED) is 0.515. The molecular formula is C10H12O. The van der Waals surface area contributed by atoms with Crippen molar-refractivity contribution in [2.24, 2.45) is 5.41 Å². The van der Waals surface area contributed by atoms with Crippen LogP contribution >= 0.6 is 0 Å². The van der Waals surface area contributed by atoms with E-state index in [1.54, 1.807) is 6.08 Å². The number of hydrogen-bond donors (Lipinski definition) is 0. The van der Waals surface area contributed by atoms with E-state index in [4.69, 9.17) is 0 Å². The second kappa shape index (κ2) is 2.07. The Hall–Kier alpha value is -0.850. The predicted octanol–water partition coefficient (Wildman–Crippen LogP) is 2.24. The van der Waals surface area contributed by atoms with Crippen molar-refractivity contribution >= 4 is 5.78 Å². The monoisotopic (exact) mass is 148 g/mol. The molecule has 0 aromatic heterocycles. The van der Waals surface area contributed by atoms with E-state index in [0.29, 0.717) is 5.78 Å². The maximum absolute atomic E-state index is 11.4. The zero-order valence-electron chi connectivity index (χ0n) is 6.76. The van der Waals surface area contributed by atoms with Crippen LogP contribution < -0.4 is 0 Å². The Kier molecular flexibility index (Phi) is 1.28. The highest BCUT2D eigenvalue weighted by Gasteiger charge is 2.38. The van der Waals surface area contributed by atoms with Gasteiger partial charge in [-0.3, -0.25) is 4.79 Å². The topological polar surface area (TPSA) is 17.1 Å². The summed E-state index contributed by atoms with van der Waals surface area (Å²) in [6.07, 6.45) is 9.23. The maximum atomic E-state index is 11.4. The van der Waals surface area contributed by atoms with Gasteiger partial charge in [0, 0.05) is 0 Å². The molecule has 0 spiro atoms. The first-order valence-electron chi connectivity index (χ1n) is 4.17. The third-order valence-corrected chi connectivity index (χ3v) is 2.84. The third kappa shape index (κ3) is 0.802. The lowest BCUT2D eigenvalue weighted by Crippen LogP contribution is -2.25. The molecule has 0 heterocycles. The van der Waals surface area contributed by atoms with Gasteiger partial charge in [-0.25, -0.2) is 0 Å². The van der Waals surface area contributed by atoms with Gasteiger partial charge < -0.3 is 0 Å². The van der Waals surface area contributed by atoms with Gasteiger partial charge >= 0.3 is 0 Å². The Morgan fingerprint density at radius 2 is 2.27 bits per heavy atom. The first-order valence-corrected chi connectivity index (χ1v) is 4.17. The summed E-state index contributed by atoms with van der Waals surface area (Å²) in [4.78, 5) is 11.4. The molecule has 0 aromatic carbocycles. The molecule has 0 radical (unpaired) electrons. The predicted molar refractivity (Wildman–Crippen MR) is 44.2 cm³/mol. The number of ketones is 1. The van der Waals surface area contributed by atoms with Crippen LogP contribution in [0.5, 0.6) is 0 Å². The Bertz CT molecular complexity index is 260. The Morgan fingerprint density at radius 1 is 1.45 bits per heavy atom. The Labute approximate surface area is 66.8 Å². The minimum atomic E-state index is -0.141. The molecule has 2 rings (SSSR count). The van der Waals surface area contributed by atoms with E-state index in [-0.39, 0.29) is 5.41 Å². The molecule has 0 bridgehead atoms. The van der Waals surface area contributed by atoms with Gasteiger partial charge in [0.15, 0.2) is 5.78 Å². The normalized spacial score (nSPS) is 35.4. The lowest BCUT2D eigenvalue weighted by Gasteiger charge is -2.27. The van der Waals surface area contributed by atoms with Gasteiger partial charge in [0.2, 0.25) is 0 Å². The molecule has 2 aliphatic carbocycles. The minimum Gasteiger partial charge on any atom is -0.294 e. The van der Waals surface area contributed by atoms with Crippen LogP contribution in [0.1, 0.15) is 26.2 Å². The lowest BCUT2D eigenvalue weighted by atomic mass is 9.75. The van der Waals surface area contributed by atoms with Crippen molar-refractivity contribution < 1.29 is 4.79 Å². The van der Waals surface area contributed by atoms with Crippen molar-refractivity contribution in [2.75, 3.05) is 0 Å². The van der Waals surface area contributed by atoms with Crippen LogP contribution in [0, 0.1) is 5.41 Å². The number of carbonyl (C=O) groups is 1. The van der Waals surface area contributed by atoms with E-state index < -0.39 is 0 Å². The highest BCUT2D eigenvalue weighted by Crippen LogP contribution is 2.42. The number of rotatable bonds is 0. The van der Waals surface area contributed by atoms with Gasteiger partial charge in [0.1, 0.15) is 0 Å². The summed E-state index contributed by atoms with van der Waals surface area (Å²) in [5.74, 6) is 0.295. The van der Waals surface area contributed by atoms with E-state index in [2.05, 4.69) is 13.0 Å². The second-order valence-electron chi connectivity index (χ2n) is 3.58. The summed E-state index contributed by atoms with van der Waals surface area (Å²) in [6.45, 7) is 2.06. The molecule has 0 saturated carbocycles. The minimum absolute atomic E-state index is 0.141. The fraction of sp³-hybridized carbons (Fsp3) is 0.500. The van der Waals surface area contributed by atoms with E-state index in [0.717, 1.165) is 19.3 Å². The molecule has 0 aromatic rings. The van der Waals surface area contributed by atoms with Gasteiger partial charge in [0.05, 0.1) is 5.41 Å². The van der Waals surface area contributed by atoms with Crippen molar-refractivity contribution in [3.8, 4) is 0 Å². The summed E-state index contributed by atoms with van der Waals surface area (Å²) >= 11 is 0. The molecule has 2 aliphatic rings. The second-order valence-corrected chi connectivity index (χ2v) is 3.58. The lowest BCUT2D eigenvalue weighted by molar-refractivity contribution is -0.120. The molecule has 0 unspecified atom stereocenters. The van der Waals surface area contributed by atoms with E-state index >= 15 is 0 Å². The average molecular weight is 148 g/mol. The van der Waals surface area contributed by atoms with Gasteiger partial charge in [0.25, 0.3) is 0 Å². The molecule has 11 heavy (non-hydrogen) atoms. The summed E-state index contributed by atoms with van der Waals surface area (Å²) in [5.41, 5.74) is 1.10. The zero-order valence-corrected chi connectivity index (χ0v) is 6.76. The fourth-order valence-corrected chi connectivity index (χ4v) is 1.95. The molecule has 0 aliphatic heterocycles. The molecule has 0 fully saturated rings. The van der Waals surface area contributed by atoms with Crippen molar-refractivity contribution in [1.82, 2.24) is 0 Å². The number of carbonyl (C=O) groups excluding carboxylic acids is 1. The van der Waals surface area contributed by atoms with Crippen LogP contribution in [0.3, 0.4) is 0 Å². The van der Waals surface area contributed by atoms with Gasteiger partial charge in [-0.1, -0.05) is 12.2 Å². The molecule has 0 N–H and O–H groups in total. The Balaban J connectivity index is 2.45. The van der Waals surface area contributed by atoms with Crippen LogP contribution in [0.2, 0.25) is 0 Å². The van der Waals surface area contributed by atoms with Gasteiger partial charge in [-0.2, -0.15) is 0 Å². The largest absolute Gasteiger partial charge is 0.294 e. The van der Waals surface area contributed by atoms with Crippen LogP contribution in [-0.2, 0) is 4.79 Å².